The van der Waals surface area contributed by atoms with Gasteiger partial charge in [0.2, 0.25) is 0 Å². The highest BCUT2D eigenvalue weighted by molar-refractivity contribution is 7.11. The molecule has 1 aliphatic rings. The van der Waals surface area contributed by atoms with Gasteiger partial charge < -0.3 is 5.32 Å². The number of rotatable bonds is 6. The summed E-state index contributed by atoms with van der Waals surface area (Å²) in [5, 5.41) is 5.00. The van der Waals surface area contributed by atoms with Gasteiger partial charge in [0.1, 0.15) is 5.01 Å². The van der Waals surface area contributed by atoms with Gasteiger partial charge >= 0.3 is 0 Å². The van der Waals surface area contributed by atoms with Gasteiger partial charge in [0.05, 0.1) is 6.04 Å². The van der Waals surface area contributed by atoms with Crippen LogP contribution >= 0.6 is 11.3 Å². The molecule has 0 aliphatic carbocycles. The first-order valence-corrected chi connectivity index (χ1v) is 8.96. The number of likely N-dealkylation sites (tertiary alicyclic amines) is 1. The summed E-state index contributed by atoms with van der Waals surface area (Å²) in [6.45, 7) is 12.3. The van der Waals surface area contributed by atoms with Crippen molar-refractivity contribution in [3.8, 4) is 0 Å². The summed E-state index contributed by atoms with van der Waals surface area (Å²) in [4.78, 5) is 8.49. The molecule has 1 aromatic rings. The molecule has 2 heterocycles. The smallest absolute Gasteiger partial charge is 0.109 e. The van der Waals surface area contributed by atoms with Crippen molar-refractivity contribution in [2.24, 2.45) is 0 Å². The van der Waals surface area contributed by atoms with Crippen LogP contribution in [0.2, 0.25) is 0 Å². The van der Waals surface area contributed by atoms with Gasteiger partial charge in [-0.25, -0.2) is 4.98 Å². The Morgan fingerprint density at radius 3 is 2.76 bits per heavy atom. The summed E-state index contributed by atoms with van der Waals surface area (Å²) in [5.74, 6) is 0. The van der Waals surface area contributed by atoms with E-state index in [1.807, 2.05) is 17.5 Å². The van der Waals surface area contributed by atoms with Crippen LogP contribution in [-0.4, -0.2) is 35.6 Å². The van der Waals surface area contributed by atoms with E-state index in [9.17, 15) is 0 Å². The fraction of sp³-hybridized carbons (Fsp3) is 0.706. The first-order valence-electron chi connectivity index (χ1n) is 8.14. The third-order valence-corrected chi connectivity index (χ3v) is 5.45. The van der Waals surface area contributed by atoms with Crippen LogP contribution in [-0.2, 0) is 6.42 Å². The molecule has 1 aromatic heterocycles. The minimum absolute atomic E-state index is 0.379. The largest absolute Gasteiger partial charge is 0.305 e. The Kier molecular flexibility index (Phi) is 6.40. The summed E-state index contributed by atoms with van der Waals surface area (Å²) in [7, 11) is 0. The van der Waals surface area contributed by atoms with Gasteiger partial charge in [-0.1, -0.05) is 18.6 Å². The van der Waals surface area contributed by atoms with Crippen molar-refractivity contribution in [3.63, 3.8) is 0 Å². The summed E-state index contributed by atoms with van der Waals surface area (Å²) >= 11 is 1.85. The Hall–Kier alpha value is -0.710. The summed E-state index contributed by atoms with van der Waals surface area (Å²) < 4.78 is 0. The molecule has 4 heteroatoms. The molecule has 0 radical (unpaired) electrons. The minimum atomic E-state index is 0.379. The zero-order valence-corrected chi connectivity index (χ0v) is 14.7. The van der Waals surface area contributed by atoms with Gasteiger partial charge in [-0.05, 0) is 53.1 Å². The van der Waals surface area contributed by atoms with E-state index in [2.05, 4.69) is 49.0 Å². The van der Waals surface area contributed by atoms with E-state index in [0.717, 1.165) is 13.0 Å². The Balaban J connectivity index is 1.76. The predicted molar refractivity (Wildman–Crippen MR) is 91.9 cm³/mol. The molecule has 2 rings (SSSR count). The lowest BCUT2D eigenvalue weighted by atomic mass is 10.0. The second-order valence-corrected chi connectivity index (χ2v) is 7.41. The van der Waals surface area contributed by atoms with E-state index >= 15 is 0 Å². The Bertz CT molecular complexity index is 454. The maximum atomic E-state index is 4.55. The van der Waals surface area contributed by atoms with E-state index in [-0.39, 0.29) is 0 Å². The van der Waals surface area contributed by atoms with Gasteiger partial charge in [0, 0.05) is 23.7 Å². The number of hydrogen-bond donors (Lipinski definition) is 1. The Morgan fingerprint density at radius 2 is 2.19 bits per heavy atom. The van der Waals surface area contributed by atoms with Crippen molar-refractivity contribution in [1.82, 2.24) is 15.2 Å². The van der Waals surface area contributed by atoms with Crippen molar-refractivity contribution >= 4 is 11.3 Å². The van der Waals surface area contributed by atoms with Crippen molar-refractivity contribution in [1.29, 1.82) is 0 Å². The maximum Gasteiger partial charge on any atom is 0.109 e. The minimum Gasteiger partial charge on any atom is -0.305 e. The summed E-state index contributed by atoms with van der Waals surface area (Å²) in [6, 6.07) is 1.02. The van der Waals surface area contributed by atoms with Gasteiger partial charge in [-0.3, -0.25) is 4.90 Å². The zero-order valence-electron chi connectivity index (χ0n) is 13.9. The van der Waals surface area contributed by atoms with Crippen molar-refractivity contribution in [2.75, 3.05) is 19.6 Å². The molecule has 0 spiro atoms. The highest BCUT2D eigenvalue weighted by Crippen LogP contribution is 2.22. The lowest BCUT2D eigenvalue weighted by Crippen LogP contribution is -2.43. The molecular formula is C17H29N3S. The van der Waals surface area contributed by atoms with Crippen LogP contribution in [0.25, 0.3) is 0 Å². The van der Waals surface area contributed by atoms with E-state index in [1.165, 1.54) is 41.4 Å². The second-order valence-electron chi connectivity index (χ2n) is 6.26. The summed E-state index contributed by atoms with van der Waals surface area (Å²) in [6.07, 6.45) is 7.94. The van der Waals surface area contributed by atoms with Gasteiger partial charge in [-0.2, -0.15) is 0 Å². The zero-order chi connectivity index (χ0) is 15.2. The lowest BCUT2D eigenvalue weighted by molar-refractivity contribution is 0.208. The number of nitrogens with one attached hydrogen (secondary N) is 1. The number of allylic oxidation sites excluding steroid dienone is 1. The van der Waals surface area contributed by atoms with E-state index in [1.54, 1.807) is 0 Å². The molecular weight excluding hydrogens is 278 g/mol. The lowest BCUT2D eigenvalue weighted by Gasteiger charge is -2.33. The second kappa shape index (κ2) is 8.06. The molecule has 3 nitrogen and oxygen atoms in total. The van der Waals surface area contributed by atoms with Crippen molar-refractivity contribution < 1.29 is 0 Å². The number of piperidine rings is 1. The SMILES string of the molecule is CCc1cnc(C(C)NC2CCN(CC=C(C)C)CC2)s1. The van der Waals surface area contributed by atoms with Gasteiger partial charge in [0.25, 0.3) is 0 Å². The molecule has 118 valence electrons. The van der Waals surface area contributed by atoms with Crippen LogP contribution in [0.5, 0.6) is 0 Å². The normalized spacial score (nSPS) is 18.7. The molecule has 0 saturated carbocycles. The average Bonchev–Trinajstić information content (AvgIpc) is 2.95. The molecule has 0 bridgehead atoms. The first kappa shape index (κ1) is 16.7. The van der Waals surface area contributed by atoms with Crippen LogP contribution in [0, 0.1) is 0 Å². The number of hydrogen-bond acceptors (Lipinski definition) is 4. The number of aryl methyl sites for hydroxylation is 1. The van der Waals surface area contributed by atoms with E-state index < -0.39 is 0 Å². The topological polar surface area (TPSA) is 28.2 Å². The fourth-order valence-corrected chi connectivity index (χ4v) is 3.57. The van der Waals surface area contributed by atoms with E-state index in [4.69, 9.17) is 0 Å². The highest BCUT2D eigenvalue weighted by atomic mass is 32.1. The van der Waals surface area contributed by atoms with Crippen LogP contribution < -0.4 is 5.32 Å². The summed E-state index contributed by atoms with van der Waals surface area (Å²) in [5.41, 5.74) is 1.42. The number of thiazole rings is 1. The third-order valence-electron chi connectivity index (χ3n) is 4.12. The molecule has 1 aliphatic heterocycles. The van der Waals surface area contributed by atoms with E-state index in [0.29, 0.717) is 12.1 Å². The Morgan fingerprint density at radius 1 is 1.48 bits per heavy atom. The van der Waals surface area contributed by atoms with Crippen LogP contribution in [0.3, 0.4) is 0 Å². The number of nitrogens with zero attached hydrogens (tertiary/aromatic N) is 2. The monoisotopic (exact) mass is 307 g/mol. The fourth-order valence-electron chi connectivity index (χ4n) is 2.71. The first-order chi connectivity index (χ1) is 10.1. The molecule has 1 unspecified atom stereocenters. The van der Waals surface area contributed by atoms with Crippen molar-refractivity contribution in [3.05, 3.63) is 27.7 Å². The van der Waals surface area contributed by atoms with Crippen LogP contribution in [0.15, 0.2) is 17.8 Å². The quantitative estimate of drug-likeness (QED) is 0.811. The molecule has 1 N–H and O–H groups in total. The highest BCUT2D eigenvalue weighted by Gasteiger charge is 2.21. The standard InChI is InChI=1S/C17H29N3S/c1-5-16-12-18-17(21-16)14(4)19-15-7-10-20(11-8-15)9-6-13(2)3/h6,12,14-15,19H,5,7-11H2,1-4H3. The molecule has 1 atom stereocenters. The molecule has 1 fully saturated rings. The third kappa shape index (κ3) is 5.20. The van der Waals surface area contributed by atoms with Crippen molar-refractivity contribution in [2.45, 2.75) is 59.0 Å². The number of aromatic nitrogens is 1. The molecule has 21 heavy (non-hydrogen) atoms. The molecule has 1 saturated heterocycles. The van der Waals surface area contributed by atoms with Crippen LogP contribution in [0.4, 0.5) is 0 Å². The van der Waals surface area contributed by atoms with Gasteiger partial charge in [0.15, 0.2) is 0 Å². The molecule has 0 aromatic carbocycles. The maximum absolute atomic E-state index is 4.55. The average molecular weight is 308 g/mol. The van der Waals surface area contributed by atoms with Gasteiger partial charge in [-0.15, -0.1) is 11.3 Å². The molecule has 0 amide bonds. The van der Waals surface area contributed by atoms with Crippen LogP contribution in [0.1, 0.15) is 56.5 Å². The Labute approximate surface area is 133 Å². The predicted octanol–water partition coefficient (Wildman–Crippen LogP) is 3.79.